The number of benzene rings is 3. The van der Waals surface area contributed by atoms with Gasteiger partial charge in [-0.1, -0.05) is 154 Å². The SMILES string of the molecule is CC(C)(C)CC(C)(C)c1ccc(OC(=O)C(Cc2cc(C(C)(C)C)c(O)c(C(C)(C)C)c2)(Cc2cc(C(C)(C)C)c(O)c(C(C)(C)C)c2)C(=O)O)cc1. The molecule has 0 unspecified atom stereocenters. The number of carbonyl (C=O) groups excluding carboxylic acids is 1. The Morgan fingerprint density at radius 2 is 0.868 bits per heavy atom. The Kier molecular flexibility index (Phi) is 11.9. The molecule has 0 aliphatic heterocycles. The molecule has 3 aromatic rings. The van der Waals surface area contributed by atoms with Gasteiger partial charge in [0.1, 0.15) is 17.2 Å². The maximum atomic E-state index is 14.7. The van der Waals surface area contributed by atoms with Crippen LogP contribution in [0, 0.1) is 10.8 Å². The minimum atomic E-state index is -2.06. The van der Waals surface area contributed by atoms with Crippen LogP contribution in [0.4, 0.5) is 0 Å². The van der Waals surface area contributed by atoms with Crippen molar-refractivity contribution in [3.05, 3.63) is 87.5 Å². The molecule has 0 saturated carbocycles. The van der Waals surface area contributed by atoms with Gasteiger partial charge in [-0.05, 0) is 103 Å². The summed E-state index contributed by atoms with van der Waals surface area (Å²) < 4.78 is 6.07. The number of aromatic hydroxyl groups is 2. The lowest BCUT2D eigenvalue weighted by molar-refractivity contribution is -0.163. The van der Waals surface area contributed by atoms with E-state index in [1.165, 1.54) is 0 Å². The van der Waals surface area contributed by atoms with Crippen LogP contribution in [0.2, 0.25) is 0 Å². The van der Waals surface area contributed by atoms with E-state index in [1.54, 1.807) is 12.1 Å². The molecule has 0 radical (unpaired) electrons. The lowest BCUT2D eigenvalue weighted by Crippen LogP contribution is -2.46. The summed E-state index contributed by atoms with van der Waals surface area (Å²) in [5, 5.41) is 34.2. The first-order valence-corrected chi connectivity index (χ1v) is 19.0. The molecule has 0 bridgehead atoms. The van der Waals surface area contributed by atoms with Crippen LogP contribution in [0.15, 0.2) is 48.5 Å². The van der Waals surface area contributed by atoms with Crippen molar-refractivity contribution in [1.82, 2.24) is 0 Å². The van der Waals surface area contributed by atoms with Gasteiger partial charge in [-0.2, -0.15) is 0 Å². The van der Waals surface area contributed by atoms with Crippen molar-refractivity contribution in [3.8, 4) is 17.2 Å². The zero-order valence-electron chi connectivity index (χ0n) is 35.8. The lowest BCUT2D eigenvalue weighted by atomic mass is 9.71. The third kappa shape index (κ3) is 10.2. The minimum Gasteiger partial charge on any atom is -0.507 e. The van der Waals surface area contributed by atoms with E-state index in [0.29, 0.717) is 33.4 Å². The number of carboxylic acids is 1. The molecule has 6 nitrogen and oxygen atoms in total. The first-order valence-electron chi connectivity index (χ1n) is 19.0. The molecule has 0 saturated heterocycles. The van der Waals surface area contributed by atoms with Crippen LogP contribution in [-0.4, -0.2) is 27.3 Å². The van der Waals surface area contributed by atoms with Crippen LogP contribution in [0.3, 0.4) is 0 Å². The Morgan fingerprint density at radius 1 is 0.547 bits per heavy atom. The molecule has 3 aromatic carbocycles. The predicted molar refractivity (Wildman–Crippen MR) is 218 cm³/mol. The highest BCUT2D eigenvalue weighted by atomic mass is 16.5. The Morgan fingerprint density at radius 3 is 1.13 bits per heavy atom. The number of hydrogen-bond donors (Lipinski definition) is 3. The summed E-state index contributed by atoms with van der Waals surface area (Å²) in [6, 6.07) is 14.7. The summed E-state index contributed by atoms with van der Waals surface area (Å²) in [6.45, 7) is 35.0. The molecule has 6 heteroatoms. The number of phenolic OH excluding ortho intramolecular Hbond substituents is 2. The highest BCUT2D eigenvalue weighted by Gasteiger charge is 2.49. The van der Waals surface area contributed by atoms with Gasteiger partial charge in [0.2, 0.25) is 0 Å². The molecule has 0 amide bonds. The smallest absolute Gasteiger partial charge is 0.329 e. The zero-order chi connectivity index (χ0) is 40.9. The number of ether oxygens (including phenoxy) is 1. The molecular weight excluding hydrogens is 661 g/mol. The normalized spacial score (nSPS) is 13.6. The average molecular weight is 729 g/mol. The summed E-state index contributed by atoms with van der Waals surface area (Å²) in [4.78, 5) is 28.6. The fraction of sp³-hybridized carbons (Fsp3) is 0.574. The topological polar surface area (TPSA) is 104 Å². The number of phenols is 2. The maximum Gasteiger partial charge on any atom is 0.329 e. The number of hydrogen-bond acceptors (Lipinski definition) is 5. The van der Waals surface area contributed by atoms with Crippen molar-refractivity contribution in [3.63, 3.8) is 0 Å². The fourth-order valence-electron chi connectivity index (χ4n) is 7.63. The van der Waals surface area contributed by atoms with Crippen molar-refractivity contribution in [2.45, 2.75) is 164 Å². The molecule has 0 atom stereocenters. The Labute approximate surface area is 320 Å². The summed E-state index contributed by atoms with van der Waals surface area (Å²) in [5.74, 6) is -1.57. The molecule has 292 valence electrons. The number of carboxylic acid groups (broad SMARTS) is 1. The van der Waals surface area contributed by atoms with E-state index in [2.05, 4.69) is 34.6 Å². The predicted octanol–water partition coefficient (Wildman–Crippen LogP) is 11.5. The molecule has 0 aromatic heterocycles. The van der Waals surface area contributed by atoms with E-state index in [4.69, 9.17) is 4.74 Å². The van der Waals surface area contributed by atoms with Gasteiger partial charge in [0.25, 0.3) is 0 Å². The Bertz CT molecular complexity index is 1650. The van der Waals surface area contributed by atoms with Gasteiger partial charge in [0.05, 0.1) is 0 Å². The largest absolute Gasteiger partial charge is 0.507 e. The fourth-order valence-corrected chi connectivity index (χ4v) is 7.63. The lowest BCUT2D eigenvalue weighted by Gasteiger charge is -2.33. The van der Waals surface area contributed by atoms with Crippen LogP contribution >= 0.6 is 0 Å². The van der Waals surface area contributed by atoms with Crippen molar-refractivity contribution in [2.75, 3.05) is 0 Å². The molecule has 0 aliphatic rings. The van der Waals surface area contributed by atoms with Crippen LogP contribution in [0.1, 0.15) is 163 Å². The van der Waals surface area contributed by atoms with E-state index >= 15 is 0 Å². The van der Waals surface area contributed by atoms with Gasteiger partial charge in [0.15, 0.2) is 5.41 Å². The van der Waals surface area contributed by atoms with Gasteiger partial charge >= 0.3 is 11.9 Å². The summed E-state index contributed by atoms with van der Waals surface area (Å²) in [5.41, 5.74) is 1.09. The van der Waals surface area contributed by atoms with Crippen molar-refractivity contribution < 1.29 is 29.6 Å². The van der Waals surface area contributed by atoms with E-state index in [1.807, 2.05) is 119 Å². The van der Waals surface area contributed by atoms with E-state index in [0.717, 1.165) is 12.0 Å². The van der Waals surface area contributed by atoms with Gasteiger partial charge in [-0.3, -0.25) is 9.59 Å². The molecular formula is C47H68O6. The van der Waals surface area contributed by atoms with Crippen LogP contribution in [0.25, 0.3) is 0 Å². The van der Waals surface area contributed by atoms with Crippen LogP contribution < -0.4 is 4.74 Å². The molecule has 53 heavy (non-hydrogen) atoms. The second-order valence-corrected chi connectivity index (χ2v) is 21.4. The van der Waals surface area contributed by atoms with Crippen molar-refractivity contribution in [2.24, 2.45) is 10.8 Å². The van der Waals surface area contributed by atoms with E-state index in [9.17, 15) is 24.9 Å². The third-order valence-corrected chi connectivity index (χ3v) is 10.2. The second kappa shape index (κ2) is 14.5. The Hall–Kier alpha value is -3.80. The average Bonchev–Trinajstić information content (AvgIpc) is 2.94. The van der Waals surface area contributed by atoms with Crippen molar-refractivity contribution in [1.29, 1.82) is 0 Å². The minimum absolute atomic E-state index is 0.109. The molecule has 0 spiro atoms. The van der Waals surface area contributed by atoms with Gasteiger partial charge in [-0.15, -0.1) is 0 Å². The second-order valence-electron chi connectivity index (χ2n) is 21.4. The first-order chi connectivity index (χ1) is 23.7. The maximum absolute atomic E-state index is 14.7. The van der Waals surface area contributed by atoms with E-state index < -0.39 is 39.0 Å². The van der Waals surface area contributed by atoms with Crippen molar-refractivity contribution >= 4 is 11.9 Å². The summed E-state index contributed by atoms with van der Waals surface area (Å²) in [6.07, 6.45) is 0.586. The molecule has 0 aliphatic carbocycles. The van der Waals surface area contributed by atoms with Crippen LogP contribution in [-0.2, 0) is 49.5 Å². The summed E-state index contributed by atoms with van der Waals surface area (Å²) in [7, 11) is 0. The van der Waals surface area contributed by atoms with E-state index in [-0.39, 0.29) is 40.9 Å². The number of aliphatic carboxylic acids is 1. The monoisotopic (exact) mass is 729 g/mol. The summed E-state index contributed by atoms with van der Waals surface area (Å²) >= 11 is 0. The Balaban J connectivity index is 2.32. The highest BCUT2D eigenvalue weighted by molar-refractivity contribution is 6.00. The number of rotatable bonds is 9. The molecule has 0 heterocycles. The molecule has 3 N–H and O–H groups in total. The van der Waals surface area contributed by atoms with Gasteiger partial charge in [-0.25, -0.2) is 0 Å². The third-order valence-electron chi connectivity index (χ3n) is 10.2. The van der Waals surface area contributed by atoms with Crippen LogP contribution in [0.5, 0.6) is 17.2 Å². The number of carbonyl (C=O) groups is 2. The number of esters is 1. The standard InChI is InChI=1S/C47H68O6/c1-41(2,3)28-46(16,17)31-18-20-32(21-19-31)53-40(52)47(39(50)51,26-29-22-33(42(4,5)6)37(48)34(23-29)43(7,8)9)27-30-24-35(44(10,11)12)38(49)36(25-30)45(13,14)15/h18-25,48-49H,26-28H2,1-17H3,(H,50,51). The first kappa shape index (κ1) is 43.6. The zero-order valence-corrected chi connectivity index (χ0v) is 35.8. The molecule has 0 fully saturated rings. The highest BCUT2D eigenvalue weighted by Crippen LogP contribution is 2.45. The molecule has 3 rings (SSSR count). The van der Waals surface area contributed by atoms with Gasteiger partial charge in [0, 0.05) is 0 Å². The quantitative estimate of drug-likeness (QED) is 0.115. The van der Waals surface area contributed by atoms with Gasteiger partial charge < -0.3 is 20.1 Å².